The van der Waals surface area contributed by atoms with Crippen molar-refractivity contribution in [1.29, 1.82) is 0 Å². The predicted molar refractivity (Wildman–Crippen MR) is 103 cm³/mol. The second-order valence-corrected chi connectivity index (χ2v) is 6.66. The van der Waals surface area contributed by atoms with Crippen LogP contribution in [0.1, 0.15) is 41.4 Å². The number of benzene rings is 3. The van der Waals surface area contributed by atoms with Crippen molar-refractivity contribution in [2.45, 2.75) is 0 Å². The van der Waals surface area contributed by atoms with E-state index in [4.69, 9.17) is 0 Å². The number of imide groups is 2. The molecule has 2 aliphatic rings. The quantitative estimate of drug-likeness (QED) is 0.686. The van der Waals surface area contributed by atoms with E-state index in [1.165, 1.54) is 18.2 Å². The average molecular weight is 384 g/mol. The van der Waals surface area contributed by atoms with Gasteiger partial charge in [0.2, 0.25) is 0 Å². The van der Waals surface area contributed by atoms with Crippen molar-refractivity contribution in [3.63, 3.8) is 0 Å². The molecule has 0 saturated carbocycles. The summed E-state index contributed by atoms with van der Waals surface area (Å²) in [5.41, 5.74) is 1.19. The van der Waals surface area contributed by atoms with Gasteiger partial charge in [-0.25, -0.2) is 9.80 Å². The van der Waals surface area contributed by atoms with Crippen LogP contribution < -0.4 is 9.80 Å². The smallest absolute Gasteiger partial charge is 0.266 e. The minimum atomic E-state index is -0.547. The molecule has 0 aliphatic carbocycles. The lowest BCUT2D eigenvalue weighted by molar-refractivity contribution is 0.0908. The first-order chi connectivity index (χ1) is 14.0. The summed E-state index contributed by atoms with van der Waals surface area (Å²) in [6.07, 6.45) is 0. The van der Waals surface area contributed by atoms with Gasteiger partial charge in [0.25, 0.3) is 23.6 Å². The highest BCUT2D eigenvalue weighted by Gasteiger charge is 2.39. The maximum atomic E-state index is 12.6. The molecule has 0 unspecified atom stereocenters. The van der Waals surface area contributed by atoms with Crippen LogP contribution in [0.15, 0.2) is 66.7 Å². The molecule has 140 valence electrons. The number of fused-ring (bicyclic) bond motifs is 2. The first-order valence-electron chi connectivity index (χ1n) is 8.77. The Morgan fingerprint density at radius 1 is 0.552 bits per heavy atom. The van der Waals surface area contributed by atoms with Gasteiger partial charge in [0.1, 0.15) is 5.75 Å². The van der Waals surface area contributed by atoms with Crippen LogP contribution in [0, 0.1) is 0 Å². The molecule has 3 aromatic rings. The lowest BCUT2D eigenvalue weighted by atomic mass is 10.1. The maximum Gasteiger partial charge on any atom is 0.266 e. The van der Waals surface area contributed by atoms with Crippen molar-refractivity contribution in [2.75, 3.05) is 9.80 Å². The Balaban J connectivity index is 1.53. The fourth-order valence-electron chi connectivity index (χ4n) is 3.67. The molecule has 0 radical (unpaired) electrons. The van der Waals surface area contributed by atoms with E-state index in [2.05, 4.69) is 0 Å². The van der Waals surface area contributed by atoms with Crippen molar-refractivity contribution in [3.05, 3.63) is 89.0 Å². The lowest BCUT2D eigenvalue weighted by Crippen LogP contribution is -2.31. The minimum absolute atomic E-state index is 0.0171. The molecule has 3 aromatic carbocycles. The zero-order chi connectivity index (χ0) is 20.3. The highest BCUT2D eigenvalue weighted by molar-refractivity contribution is 6.36. The van der Waals surface area contributed by atoms with E-state index < -0.39 is 29.4 Å². The van der Waals surface area contributed by atoms with Crippen molar-refractivity contribution in [1.82, 2.24) is 0 Å². The Labute approximate surface area is 164 Å². The van der Waals surface area contributed by atoms with Crippen LogP contribution >= 0.6 is 0 Å². The molecule has 0 bridgehead atoms. The van der Waals surface area contributed by atoms with Gasteiger partial charge in [0.15, 0.2) is 0 Å². The molecule has 4 amide bonds. The van der Waals surface area contributed by atoms with Crippen LogP contribution in [0.25, 0.3) is 0 Å². The van der Waals surface area contributed by atoms with Crippen LogP contribution in [0.5, 0.6) is 5.75 Å². The van der Waals surface area contributed by atoms with Crippen LogP contribution in [0.3, 0.4) is 0 Å². The summed E-state index contributed by atoms with van der Waals surface area (Å²) >= 11 is 0. The highest BCUT2D eigenvalue weighted by Crippen LogP contribution is 2.38. The SMILES string of the molecule is O=C1c2ccccc2C(=O)N1c1ccc(N2C(=O)c3ccccc3C2=O)c(O)c1. The minimum Gasteiger partial charge on any atom is -0.506 e. The van der Waals surface area contributed by atoms with Crippen molar-refractivity contribution in [3.8, 4) is 5.75 Å². The Morgan fingerprint density at radius 3 is 1.38 bits per heavy atom. The van der Waals surface area contributed by atoms with Crippen LogP contribution in [0.4, 0.5) is 11.4 Å². The Bertz CT molecular complexity index is 1190. The molecule has 0 fully saturated rings. The Hall–Kier alpha value is -4.26. The fourth-order valence-corrected chi connectivity index (χ4v) is 3.67. The molecule has 7 nitrogen and oxygen atoms in total. The number of phenolic OH excluding ortho intramolecular Hbond substituents is 1. The van der Waals surface area contributed by atoms with Gasteiger partial charge in [-0.15, -0.1) is 0 Å². The number of phenols is 1. The Morgan fingerprint density at radius 2 is 0.966 bits per heavy atom. The third-order valence-corrected chi connectivity index (χ3v) is 5.05. The molecular weight excluding hydrogens is 372 g/mol. The van der Waals surface area contributed by atoms with E-state index in [1.807, 2.05) is 0 Å². The summed E-state index contributed by atoms with van der Waals surface area (Å²) in [4.78, 5) is 52.3. The van der Waals surface area contributed by atoms with E-state index in [9.17, 15) is 24.3 Å². The molecule has 0 saturated heterocycles. The Kier molecular flexibility index (Phi) is 3.42. The van der Waals surface area contributed by atoms with Gasteiger partial charge in [-0.3, -0.25) is 19.2 Å². The van der Waals surface area contributed by atoms with Gasteiger partial charge in [0, 0.05) is 6.07 Å². The summed E-state index contributed by atoms with van der Waals surface area (Å²) in [5, 5.41) is 10.5. The zero-order valence-corrected chi connectivity index (χ0v) is 14.8. The normalized spacial score (nSPS) is 15.2. The standard InChI is InChI=1S/C22H12N2O5/c25-18-11-12(23-19(26)13-5-1-2-6-14(13)20(23)27)9-10-17(18)24-21(28)15-7-3-4-8-16(15)22(24)29/h1-11,25H. The van der Waals surface area contributed by atoms with Crippen molar-refractivity contribution in [2.24, 2.45) is 0 Å². The first-order valence-corrected chi connectivity index (χ1v) is 8.77. The zero-order valence-electron chi connectivity index (χ0n) is 14.8. The summed E-state index contributed by atoms with van der Waals surface area (Å²) in [6, 6.07) is 16.8. The second kappa shape index (κ2) is 5.87. The topological polar surface area (TPSA) is 95.0 Å². The number of hydrogen-bond donors (Lipinski definition) is 1. The van der Waals surface area contributed by atoms with Crippen LogP contribution in [0.2, 0.25) is 0 Å². The average Bonchev–Trinajstić information content (AvgIpc) is 3.14. The number of aromatic hydroxyl groups is 1. The maximum absolute atomic E-state index is 12.6. The highest BCUT2D eigenvalue weighted by atomic mass is 16.3. The molecular formula is C22H12N2O5. The molecule has 1 N–H and O–H groups in total. The molecule has 2 aliphatic heterocycles. The van der Waals surface area contributed by atoms with Crippen LogP contribution in [-0.4, -0.2) is 28.7 Å². The number of carbonyl (C=O) groups excluding carboxylic acids is 4. The molecule has 29 heavy (non-hydrogen) atoms. The molecule has 0 spiro atoms. The van der Waals surface area contributed by atoms with Crippen LogP contribution in [-0.2, 0) is 0 Å². The van der Waals surface area contributed by atoms with E-state index in [0.717, 1.165) is 9.80 Å². The van der Waals surface area contributed by atoms with Gasteiger partial charge < -0.3 is 5.11 Å². The first kappa shape index (κ1) is 16.9. The molecule has 0 atom stereocenters. The molecule has 5 rings (SSSR count). The van der Waals surface area contributed by atoms with E-state index in [1.54, 1.807) is 48.5 Å². The van der Waals surface area contributed by atoms with Gasteiger partial charge in [-0.05, 0) is 36.4 Å². The molecule has 2 heterocycles. The number of anilines is 2. The molecule has 7 heteroatoms. The van der Waals surface area contributed by atoms with E-state index in [-0.39, 0.29) is 33.6 Å². The van der Waals surface area contributed by atoms with Gasteiger partial charge in [0.05, 0.1) is 33.6 Å². The number of hydrogen-bond acceptors (Lipinski definition) is 5. The van der Waals surface area contributed by atoms with Gasteiger partial charge in [-0.1, -0.05) is 24.3 Å². The summed E-state index contributed by atoms with van der Waals surface area (Å²) in [6.45, 7) is 0. The largest absolute Gasteiger partial charge is 0.506 e. The summed E-state index contributed by atoms with van der Waals surface area (Å²) in [7, 11) is 0. The number of nitrogens with zero attached hydrogens (tertiary/aromatic N) is 2. The number of carbonyl (C=O) groups is 4. The molecule has 0 aromatic heterocycles. The van der Waals surface area contributed by atoms with Crippen molar-refractivity contribution < 1.29 is 24.3 Å². The number of rotatable bonds is 2. The third kappa shape index (κ3) is 2.24. The van der Waals surface area contributed by atoms with Crippen molar-refractivity contribution >= 4 is 35.0 Å². The monoisotopic (exact) mass is 384 g/mol. The fraction of sp³-hybridized carbons (Fsp3) is 0. The summed E-state index contributed by atoms with van der Waals surface area (Å²) < 4.78 is 0. The predicted octanol–water partition coefficient (Wildman–Crippen LogP) is 2.99. The van der Waals surface area contributed by atoms with Gasteiger partial charge in [-0.2, -0.15) is 0 Å². The second-order valence-electron chi connectivity index (χ2n) is 6.66. The van der Waals surface area contributed by atoms with Gasteiger partial charge >= 0.3 is 0 Å². The lowest BCUT2D eigenvalue weighted by Gasteiger charge is -2.19. The van der Waals surface area contributed by atoms with E-state index >= 15 is 0 Å². The third-order valence-electron chi connectivity index (χ3n) is 5.05. The van der Waals surface area contributed by atoms with E-state index in [0.29, 0.717) is 0 Å². The summed E-state index contributed by atoms with van der Waals surface area (Å²) in [5.74, 6) is -2.49. The number of amides is 4.